The maximum atomic E-state index is 5.22. The number of nitrogens with zero attached hydrogens (tertiary/aromatic N) is 3. The van der Waals surface area contributed by atoms with Gasteiger partial charge in [0.1, 0.15) is 0 Å². The number of aryl methyl sites for hydroxylation is 1. The highest BCUT2D eigenvalue weighted by Crippen LogP contribution is 2.24. The fourth-order valence-electron chi connectivity index (χ4n) is 3.95. The highest BCUT2D eigenvalue weighted by Gasteiger charge is 2.15. The van der Waals surface area contributed by atoms with Crippen molar-refractivity contribution in [3.05, 3.63) is 109 Å². The minimum Gasteiger partial charge on any atom is -0.483 e. The molecule has 5 nitrogen and oxygen atoms in total. The molecule has 1 aliphatic rings. The molecular formula is C28H30N4O. The van der Waals surface area contributed by atoms with E-state index in [-0.39, 0.29) is 0 Å². The molecule has 5 heteroatoms. The lowest BCUT2D eigenvalue weighted by Gasteiger charge is -2.28. The number of aromatic nitrogens is 2. The zero-order valence-corrected chi connectivity index (χ0v) is 19.3. The first kappa shape index (κ1) is 22.3. The van der Waals surface area contributed by atoms with E-state index in [1.165, 1.54) is 22.3 Å². The summed E-state index contributed by atoms with van der Waals surface area (Å²) in [6.45, 7) is 11.8. The van der Waals surface area contributed by atoms with Gasteiger partial charge in [-0.25, -0.2) is 0 Å². The van der Waals surface area contributed by atoms with Gasteiger partial charge in [0.25, 0.3) is 0 Å². The summed E-state index contributed by atoms with van der Waals surface area (Å²) in [6, 6.07) is 16.9. The van der Waals surface area contributed by atoms with E-state index in [1.807, 2.05) is 25.4 Å². The summed E-state index contributed by atoms with van der Waals surface area (Å²) in [5.41, 5.74) is 8.74. The number of allylic oxidation sites excluding steroid dienone is 1. The first-order chi connectivity index (χ1) is 16.0. The van der Waals surface area contributed by atoms with E-state index in [0.717, 1.165) is 48.7 Å². The SMILES string of the molecule is C=C(Cc1ccc(-c2ccnc(C)c2)cc1)Nc1ccc(C2=CCN(C(=C)OC)CC2)nc1. The summed E-state index contributed by atoms with van der Waals surface area (Å²) < 4.78 is 5.22. The number of benzene rings is 1. The third-order valence-corrected chi connectivity index (χ3v) is 5.81. The van der Waals surface area contributed by atoms with E-state index in [2.05, 4.69) is 81.9 Å². The molecular weight excluding hydrogens is 408 g/mol. The number of hydrogen-bond acceptors (Lipinski definition) is 5. The molecule has 0 atom stereocenters. The molecule has 3 heterocycles. The summed E-state index contributed by atoms with van der Waals surface area (Å²) in [7, 11) is 1.65. The Kier molecular flexibility index (Phi) is 6.89. The molecule has 0 unspecified atom stereocenters. The number of ether oxygens (including phenoxy) is 1. The van der Waals surface area contributed by atoms with Crippen LogP contribution in [0.3, 0.4) is 0 Å². The summed E-state index contributed by atoms with van der Waals surface area (Å²) in [6.07, 6.45) is 7.59. The molecule has 4 rings (SSSR count). The first-order valence-electron chi connectivity index (χ1n) is 11.1. The van der Waals surface area contributed by atoms with Crippen LogP contribution >= 0.6 is 0 Å². The molecule has 0 amide bonds. The van der Waals surface area contributed by atoms with Crippen LogP contribution in [0.2, 0.25) is 0 Å². The van der Waals surface area contributed by atoms with Crippen molar-refractivity contribution in [3.63, 3.8) is 0 Å². The zero-order valence-electron chi connectivity index (χ0n) is 19.3. The van der Waals surface area contributed by atoms with E-state index in [1.54, 1.807) is 7.11 Å². The molecule has 2 aromatic heterocycles. The van der Waals surface area contributed by atoms with Gasteiger partial charge in [-0.1, -0.05) is 36.9 Å². The third kappa shape index (κ3) is 5.69. The highest BCUT2D eigenvalue weighted by atomic mass is 16.5. The van der Waals surface area contributed by atoms with Crippen LogP contribution in [0.15, 0.2) is 91.7 Å². The molecule has 0 saturated heterocycles. The second-order valence-electron chi connectivity index (χ2n) is 8.24. The van der Waals surface area contributed by atoms with Crippen LogP contribution < -0.4 is 5.32 Å². The molecule has 3 aromatic rings. The van der Waals surface area contributed by atoms with Crippen molar-refractivity contribution in [1.29, 1.82) is 0 Å². The van der Waals surface area contributed by atoms with Crippen LogP contribution in [0.25, 0.3) is 16.7 Å². The quantitative estimate of drug-likeness (QED) is 0.449. The van der Waals surface area contributed by atoms with E-state index in [4.69, 9.17) is 4.74 Å². The average molecular weight is 439 g/mol. The summed E-state index contributed by atoms with van der Waals surface area (Å²) >= 11 is 0. The molecule has 1 aromatic carbocycles. The van der Waals surface area contributed by atoms with Crippen molar-refractivity contribution < 1.29 is 4.74 Å². The van der Waals surface area contributed by atoms with E-state index in [9.17, 15) is 0 Å². The fraction of sp³-hybridized carbons (Fsp3) is 0.214. The third-order valence-electron chi connectivity index (χ3n) is 5.81. The number of hydrogen-bond donors (Lipinski definition) is 1. The predicted octanol–water partition coefficient (Wildman–Crippen LogP) is 5.83. The maximum absolute atomic E-state index is 5.22. The van der Waals surface area contributed by atoms with E-state index >= 15 is 0 Å². The molecule has 1 aliphatic heterocycles. The Morgan fingerprint density at radius 1 is 1.06 bits per heavy atom. The van der Waals surface area contributed by atoms with Crippen LogP contribution in [-0.4, -0.2) is 35.1 Å². The van der Waals surface area contributed by atoms with Crippen molar-refractivity contribution in [2.75, 3.05) is 25.5 Å². The number of rotatable bonds is 8. The molecule has 0 bridgehead atoms. The summed E-state index contributed by atoms with van der Waals surface area (Å²) in [5.74, 6) is 0.707. The minimum absolute atomic E-state index is 0.707. The number of pyridine rings is 2. The second kappa shape index (κ2) is 10.2. The van der Waals surface area contributed by atoms with Gasteiger partial charge in [0, 0.05) is 37.1 Å². The van der Waals surface area contributed by atoms with Crippen molar-refractivity contribution in [2.45, 2.75) is 19.8 Å². The van der Waals surface area contributed by atoms with Crippen LogP contribution in [0.5, 0.6) is 0 Å². The minimum atomic E-state index is 0.707. The Balaban J connectivity index is 1.33. The largest absolute Gasteiger partial charge is 0.483 e. The van der Waals surface area contributed by atoms with Crippen LogP contribution in [0.1, 0.15) is 23.4 Å². The predicted molar refractivity (Wildman–Crippen MR) is 135 cm³/mol. The standard InChI is InChI=1S/C28H30N4O/c1-20-18-26(11-14-29-20)24-7-5-23(6-8-24)17-21(2)31-27-9-10-28(30-19-27)25-12-15-32(16-13-25)22(3)33-4/h5-12,14,18-19,31H,2-3,13,15-17H2,1,4H3. The van der Waals surface area contributed by atoms with Gasteiger partial charge in [-0.2, -0.15) is 0 Å². The normalized spacial score (nSPS) is 13.3. The van der Waals surface area contributed by atoms with Gasteiger partial charge in [-0.05, 0) is 66.5 Å². The zero-order chi connectivity index (χ0) is 23.2. The molecule has 0 radical (unpaired) electrons. The van der Waals surface area contributed by atoms with Gasteiger partial charge in [0.15, 0.2) is 5.88 Å². The second-order valence-corrected chi connectivity index (χ2v) is 8.24. The first-order valence-corrected chi connectivity index (χ1v) is 11.1. The summed E-state index contributed by atoms with van der Waals surface area (Å²) in [4.78, 5) is 11.0. The molecule has 0 spiro atoms. The summed E-state index contributed by atoms with van der Waals surface area (Å²) in [5, 5.41) is 3.38. The van der Waals surface area contributed by atoms with Gasteiger partial charge in [-0.15, -0.1) is 0 Å². The number of methoxy groups -OCH3 is 1. The van der Waals surface area contributed by atoms with Gasteiger partial charge in [0.05, 0.1) is 24.7 Å². The van der Waals surface area contributed by atoms with Gasteiger partial charge in [-0.3, -0.25) is 9.97 Å². The van der Waals surface area contributed by atoms with E-state index in [0.29, 0.717) is 5.88 Å². The van der Waals surface area contributed by atoms with Crippen molar-refractivity contribution in [2.24, 2.45) is 0 Å². The molecule has 168 valence electrons. The molecule has 0 saturated carbocycles. The Bertz CT molecular complexity index is 1160. The Labute approximate surface area is 196 Å². The lowest BCUT2D eigenvalue weighted by molar-refractivity contribution is 0.164. The molecule has 33 heavy (non-hydrogen) atoms. The highest BCUT2D eigenvalue weighted by molar-refractivity contribution is 5.65. The van der Waals surface area contributed by atoms with Gasteiger partial charge < -0.3 is 15.0 Å². The fourth-order valence-corrected chi connectivity index (χ4v) is 3.95. The number of nitrogens with one attached hydrogen (secondary N) is 1. The number of anilines is 1. The topological polar surface area (TPSA) is 50.3 Å². The lowest BCUT2D eigenvalue weighted by Crippen LogP contribution is -2.28. The van der Waals surface area contributed by atoms with Crippen molar-refractivity contribution >= 4 is 11.3 Å². The Hall–Kier alpha value is -3.86. The van der Waals surface area contributed by atoms with Crippen molar-refractivity contribution in [3.8, 4) is 11.1 Å². The Morgan fingerprint density at radius 2 is 1.88 bits per heavy atom. The molecule has 1 N–H and O–H groups in total. The van der Waals surface area contributed by atoms with Crippen LogP contribution in [0.4, 0.5) is 5.69 Å². The smallest absolute Gasteiger partial charge is 0.181 e. The van der Waals surface area contributed by atoms with Crippen LogP contribution in [0, 0.1) is 6.92 Å². The maximum Gasteiger partial charge on any atom is 0.181 e. The van der Waals surface area contributed by atoms with Gasteiger partial charge >= 0.3 is 0 Å². The average Bonchev–Trinajstić information content (AvgIpc) is 2.84. The van der Waals surface area contributed by atoms with E-state index < -0.39 is 0 Å². The molecule has 0 fully saturated rings. The Morgan fingerprint density at radius 3 is 2.52 bits per heavy atom. The monoisotopic (exact) mass is 438 g/mol. The van der Waals surface area contributed by atoms with Gasteiger partial charge in [0.2, 0.25) is 0 Å². The van der Waals surface area contributed by atoms with Crippen LogP contribution in [-0.2, 0) is 11.2 Å². The van der Waals surface area contributed by atoms with Crippen molar-refractivity contribution in [1.82, 2.24) is 14.9 Å². The lowest BCUT2D eigenvalue weighted by atomic mass is 10.0. The molecule has 0 aliphatic carbocycles.